The van der Waals surface area contributed by atoms with E-state index in [0.717, 1.165) is 28.3 Å². The number of aryl methyl sites for hydroxylation is 2. The second-order valence-electron chi connectivity index (χ2n) is 4.93. The van der Waals surface area contributed by atoms with Crippen LogP contribution in [-0.2, 0) is 11.2 Å². The van der Waals surface area contributed by atoms with Crippen LogP contribution in [0, 0.1) is 6.92 Å². The molecule has 0 aromatic heterocycles. The average Bonchev–Trinajstić information content (AvgIpc) is 2.47. The fraction of sp³-hybridized carbons (Fsp3) is 0.235. The number of nitrogens with two attached hydrogens (primary N) is 1. The lowest BCUT2D eigenvalue weighted by molar-refractivity contribution is -0.113. The van der Waals surface area contributed by atoms with Gasteiger partial charge in [0.1, 0.15) is 0 Å². The topological polar surface area (TPSA) is 55.1 Å². The lowest BCUT2D eigenvalue weighted by Crippen LogP contribution is -2.14. The first-order chi connectivity index (χ1) is 10.1. The maximum atomic E-state index is 11.9. The predicted molar refractivity (Wildman–Crippen MR) is 90.8 cm³/mol. The van der Waals surface area contributed by atoms with Gasteiger partial charge in [-0.3, -0.25) is 4.79 Å². The molecule has 0 saturated heterocycles. The average molecular weight is 300 g/mol. The summed E-state index contributed by atoms with van der Waals surface area (Å²) in [6.07, 6.45) is 0.997. The third kappa shape index (κ3) is 4.53. The molecule has 0 radical (unpaired) electrons. The Bertz CT molecular complexity index is 623. The third-order valence-corrected chi connectivity index (χ3v) is 4.26. The Hall–Kier alpha value is -1.94. The predicted octanol–water partition coefficient (Wildman–Crippen LogP) is 3.87. The molecule has 0 fully saturated rings. The summed E-state index contributed by atoms with van der Waals surface area (Å²) in [5.41, 5.74) is 9.87. The van der Waals surface area contributed by atoms with Crippen LogP contribution in [0.2, 0.25) is 0 Å². The summed E-state index contributed by atoms with van der Waals surface area (Å²) in [6.45, 7) is 4.10. The molecule has 0 atom stereocenters. The summed E-state index contributed by atoms with van der Waals surface area (Å²) >= 11 is 1.45. The van der Waals surface area contributed by atoms with Gasteiger partial charge in [0.15, 0.2) is 0 Å². The number of nitrogen functional groups attached to an aromatic ring is 1. The molecular formula is C17H20N2OS. The zero-order valence-corrected chi connectivity index (χ0v) is 13.2. The molecule has 2 rings (SSSR count). The van der Waals surface area contributed by atoms with Crippen molar-refractivity contribution in [1.29, 1.82) is 0 Å². The molecule has 0 heterocycles. The number of carbonyl (C=O) groups is 1. The van der Waals surface area contributed by atoms with Crippen molar-refractivity contribution in [3.63, 3.8) is 0 Å². The van der Waals surface area contributed by atoms with Crippen LogP contribution in [0.5, 0.6) is 0 Å². The molecule has 1 amide bonds. The van der Waals surface area contributed by atoms with Crippen LogP contribution in [0.15, 0.2) is 47.4 Å². The molecule has 3 nitrogen and oxygen atoms in total. The molecule has 2 aromatic rings. The summed E-state index contributed by atoms with van der Waals surface area (Å²) in [5, 5.41) is 2.89. The number of rotatable bonds is 5. The highest BCUT2D eigenvalue weighted by Crippen LogP contribution is 2.25. The number of carbonyl (C=O) groups excluding carboxylic acids is 1. The van der Waals surface area contributed by atoms with Gasteiger partial charge in [-0.2, -0.15) is 0 Å². The zero-order valence-electron chi connectivity index (χ0n) is 12.3. The molecular weight excluding hydrogens is 280 g/mol. The van der Waals surface area contributed by atoms with Gasteiger partial charge in [0.25, 0.3) is 0 Å². The number of hydrogen-bond donors (Lipinski definition) is 2. The van der Waals surface area contributed by atoms with Crippen molar-refractivity contribution in [1.82, 2.24) is 0 Å². The summed E-state index contributed by atoms with van der Waals surface area (Å²) in [4.78, 5) is 12.9. The van der Waals surface area contributed by atoms with Gasteiger partial charge in [0.05, 0.1) is 5.75 Å². The van der Waals surface area contributed by atoms with Gasteiger partial charge in [-0.15, -0.1) is 11.8 Å². The van der Waals surface area contributed by atoms with Crippen molar-refractivity contribution < 1.29 is 4.79 Å². The lowest BCUT2D eigenvalue weighted by Gasteiger charge is -2.08. The van der Waals surface area contributed by atoms with Crippen LogP contribution in [0.1, 0.15) is 18.1 Å². The molecule has 2 aromatic carbocycles. The number of hydrogen-bond acceptors (Lipinski definition) is 3. The first-order valence-electron chi connectivity index (χ1n) is 6.96. The van der Waals surface area contributed by atoms with Crippen LogP contribution in [-0.4, -0.2) is 11.7 Å². The molecule has 0 aliphatic heterocycles. The third-order valence-electron chi connectivity index (χ3n) is 3.17. The number of thioether (sulfide) groups is 1. The van der Waals surface area contributed by atoms with E-state index in [0.29, 0.717) is 5.75 Å². The van der Waals surface area contributed by atoms with Crippen molar-refractivity contribution in [2.75, 3.05) is 16.8 Å². The Kier molecular flexibility index (Phi) is 5.28. The first kappa shape index (κ1) is 15.4. The number of amides is 1. The minimum atomic E-state index is -0.0239. The minimum absolute atomic E-state index is 0.0239. The Morgan fingerprint density at radius 2 is 1.90 bits per heavy atom. The summed E-state index contributed by atoms with van der Waals surface area (Å²) in [5.74, 6) is 0.326. The molecule has 0 aliphatic carbocycles. The molecule has 0 unspecified atom stereocenters. The smallest absolute Gasteiger partial charge is 0.234 e. The second kappa shape index (κ2) is 7.18. The Morgan fingerprint density at radius 3 is 2.52 bits per heavy atom. The van der Waals surface area contributed by atoms with Crippen molar-refractivity contribution in [3.8, 4) is 0 Å². The molecule has 110 valence electrons. The molecule has 0 bridgehead atoms. The summed E-state index contributed by atoms with van der Waals surface area (Å²) in [6, 6.07) is 13.8. The molecule has 0 aliphatic rings. The summed E-state index contributed by atoms with van der Waals surface area (Å²) in [7, 11) is 0. The quantitative estimate of drug-likeness (QED) is 0.651. The molecule has 21 heavy (non-hydrogen) atoms. The number of anilines is 2. The van der Waals surface area contributed by atoms with Gasteiger partial charge in [0.2, 0.25) is 5.91 Å². The number of nitrogens with one attached hydrogen (secondary N) is 1. The monoisotopic (exact) mass is 300 g/mol. The standard InChI is InChI=1S/C17H20N2OS/c1-3-13-5-7-14(8-6-13)19-17(20)11-21-16-9-4-12(2)10-15(16)18/h4-10H,3,11,18H2,1-2H3,(H,19,20). The van der Waals surface area contributed by atoms with Crippen molar-refractivity contribution in [2.45, 2.75) is 25.2 Å². The van der Waals surface area contributed by atoms with Crippen LogP contribution < -0.4 is 11.1 Å². The SMILES string of the molecule is CCc1ccc(NC(=O)CSc2ccc(C)cc2N)cc1. The molecule has 4 heteroatoms. The van der Waals surface area contributed by atoms with E-state index < -0.39 is 0 Å². The second-order valence-corrected chi connectivity index (χ2v) is 5.95. The van der Waals surface area contributed by atoms with E-state index in [1.54, 1.807) is 0 Å². The van der Waals surface area contributed by atoms with E-state index in [2.05, 4.69) is 12.2 Å². The Morgan fingerprint density at radius 1 is 1.19 bits per heavy atom. The molecule has 0 saturated carbocycles. The highest BCUT2D eigenvalue weighted by atomic mass is 32.2. The number of benzene rings is 2. The fourth-order valence-electron chi connectivity index (χ4n) is 1.96. The lowest BCUT2D eigenvalue weighted by atomic mass is 10.1. The van der Waals surface area contributed by atoms with Crippen LogP contribution in [0.4, 0.5) is 11.4 Å². The van der Waals surface area contributed by atoms with Crippen LogP contribution in [0.25, 0.3) is 0 Å². The van der Waals surface area contributed by atoms with E-state index in [1.165, 1.54) is 17.3 Å². The van der Waals surface area contributed by atoms with Gasteiger partial charge in [-0.1, -0.05) is 25.1 Å². The van der Waals surface area contributed by atoms with E-state index in [4.69, 9.17) is 5.73 Å². The maximum Gasteiger partial charge on any atom is 0.234 e. The van der Waals surface area contributed by atoms with E-state index in [1.807, 2.05) is 49.4 Å². The van der Waals surface area contributed by atoms with Crippen LogP contribution >= 0.6 is 11.8 Å². The van der Waals surface area contributed by atoms with Crippen molar-refractivity contribution in [2.24, 2.45) is 0 Å². The van der Waals surface area contributed by atoms with Crippen LogP contribution in [0.3, 0.4) is 0 Å². The van der Waals surface area contributed by atoms with Gasteiger partial charge in [0, 0.05) is 16.3 Å². The van der Waals surface area contributed by atoms with Gasteiger partial charge < -0.3 is 11.1 Å². The van der Waals surface area contributed by atoms with E-state index in [9.17, 15) is 4.79 Å². The van der Waals surface area contributed by atoms with Gasteiger partial charge >= 0.3 is 0 Å². The largest absolute Gasteiger partial charge is 0.398 e. The fourth-order valence-corrected chi connectivity index (χ4v) is 2.71. The zero-order chi connectivity index (χ0) is 15.2. The van der Waals surface area contributed by atoms with E-state index in [-0.39, 0.29) is 5.91 Å². The molecule has 0 spiro atoms. The minimum Gasteiger partial charge on any atom is -0.398 e. The molecule has 3 N–H and O–H groups in total. The van der Waals surface area contributed by atoms with Crippen molar-refractivity contribution >= 4 is 29.0 Å². The highest BCUT2D eigenvalue weighted by molar-refractivity contribution is 8.00. The Labute approximate surface area is 129 Å². The first-order valence-corrected chi connectivity index (χ1v) is 7.94. The van der Waals surface area contributed by atoms with Gasteiger partial charge in [-0.25, -0.2) is 0 Å². The van der Waals surface area contributed by atoms with Gasteiger partial charge in [-0.05, 0) is 48.7 Å². The summed E-state index contributed by atoms with van der Waals surface area (Å²) < 4.78 is 0. The van der Waals surface area contributed by atoms with E-state index >= 15 is 0 Å². The maximum absolute atomic E-state index is 11.9. The highest BCUT2D eigenvalue weighted by Gasteiger charge is 2.06. The normalized spacial score (nSPS) is 10.4. The van der Waals surface area contributed by atoms with Crippen molar-refractivity contribution in [3.05, 3.63) is 53.6 Å². The Balaban J connectivity index is 1.89.